The fourth-order valence-electron chi connectivity index (χ4n) is 1.01. The van der Waals surface area contributed by atoms with Crippen LogP contribution in [-0.2, 0) is 0 Å². The van der Waals surface area contributed by atoms with E-state index in [1.165, 1.54) is 19.2 Å². The number of nitrogens with one attached hydrogen (secondary N) is 1. The highest BCUT2D eigenvalue weighted by Crippen LogP contribution is 2.14. The predicted molar refractivity (Wildman–Crippen MR) is 57.4 cm³/mol. The van der Waals surface area contributed by atoms with Crippen molar-refractivity contribution in [3.8, 4) is 0 Å². The summed E-state index contributed by atoms with van der Waals surface area (Å²) in [6.45, 7) is 0. The Kier molecular flexibility index (Phi) is 3.68. The van der Waals surface area contributed by atoms with Crippen molar-refractivity contribution in [2.45, 2.75) is 0 Å². The summed E-state index contributed by atoms with van der Waals surface area (Å²) in [6, 6.07) is 4.55. The van der Waals surface area contributed by atoms with Crippen LogP contribution in [0.5, 0.6) is 0 Å². The van der Waals surface area contributed by atoms with Crippen LogP contribution in [0, 0.1) is 0 Å². The second-order valence-corrected chi connectivity index (χ2v) is 3.55. The van der Waals surface area contributed by atoms with Crippen LogP contribution in [0.3, 0.4) is 0 Å². The first-order valence-corrected chi connectivity index (χ1v) is 4.73. The van der Waals surface area contributed by atoms with E-state index in [2.05, 4.69) is 21.2 Å². The molecule has 0 aliphatic heterocycles. The van der Waals surface area contributed by atoms with E-state index in [1.807, 2.05) is 0 Å². The lowest BCUT2D eigenvalue weighted by atomic mass is 9.79. The molecule has 4 nitrogen and oxygen atoms in total. The largest absolute Gasteiger partial charge is 0.488 e. The SMILES string of the molecule is CNC(=O)c1cc(B(O)O)ccc1Br. The van der Waals surface area contributed by atoms with Gasteiger partial charge in [0.25, 0.3) is 5.91 Å². The molecular formula is C8H9BBrNO3. The van der Waals surface area contributed by atoms with E-state index in [9.17, 15) is 4.79 Å². The Morgan fingerprint density at radius 1 is 1.50 bits per heavy atom. The minimum absolute atomic E-state index is 0.278. The highest BCUT2D eigenvalue weighted by molar-refractivity contribution is 9.10. The maximum atomic E-state index is 11.3. The Labute approximate surface area is 90.2 Å². The van der Waals surface area contributed by atoms with Crippen LogP contribution in [0.15, 0.2) is 22.7 Å². The van der Waals surface area contributed by atoms with Gasteiger partial charge < -0.3 is 15.4 Å². The third kappa shape index (κ3) is 2.34. The zero-order chi connectivity index (χ0) is 10.7. The molecular weight excluding hydrogens is 249 g/mol. The van der Waals surface area contributed by atoms with Gasteiger partial charge in [-0.25, -0.2) is 0 Å². The number of rotatable bonds is 2. The molecule has 1 amide bonds. The van der Waals surface area contributed by atoms with Gasteiger partial charge in [-0.1, -0.05) is 6.07 Å². The molecule has 6 heteroatoms. The maximum absolute atomic E-state index is 11.3. The fourth-order valence-corrected chi connectivity index (χ4v) is 1.44. The molecule has 0 bridgehead atoms. The summed E-state index contributed by atoms with van der Waals surface area (Å²) >= 11 is 3.20. The van der Waals surface area contributed by atoms with E-state index in [1.54, 1.807) is 6.07 Å². The van der Waals surface area contributed by atoms with Gasteiger partial charge in [-0.2, -0.15) is 0 Å². The summed E-state index contributed by atoms with van der Waals surface area (Å²) in [6.07, 6.45) is 0. The average molecular weight is 258 g/mol. The van der Waals surface area contributed by atoms with Crippen molar-refractivity contribution in [3.05, 3.63) is 28.2 Å². The van der Waals surface area contributed by atoms with Crippen LogP contribution in [0.2, 0.25) is 0 Å². The normalized spacial score (nSPS) is 9.71. The van der Waals surface area contributed by atoms with E-state index in [-0.39, 0.29) is 11.4 Å². The molecule has 1 aromatic rings. The van der Waals surface area contributed by atoms with Crippen LogP contribution < -0.4 is 10.8 Å². The molecule has 0 atom stereocenters. The Bertz CT molecular complexity index is 356. The summed E-state index contributed by atoms with van der Waals surface area (Å²) in [5.74, 6) is -0.278. The topological polar surface area (TPSA) is 69.6 Å². The zero-order valence-electron chi connectivity index (χ0n) is 7.49. The Balaban J connectivity index is 3.15. The van der Waals surface area contributed by atoms with Crippen LogP contribution in [0.25, 0.3) is 0 Å². The molecule has 0 spiro atoms. The highest BCUT2D eigenvalue weighted by atomic mass is 79.9. The predicted octanol–water partition coefficient (Wildman–Crippen LogP) is -0.512. The molecule has 0 fully saturated rings. The Morgan fingerprint density at radius 3 is 2.64 bits per heavy atom. The lowest BCUT2D eigenvalue weighted by Crippen LogP contribution is -2.31. The van der Waals surface area contributed by atoms with Gasteiger partial charge in [-0.05, 0) is 33.5 Å². The standard InChI is InChI=1S/C8H9BBrNO3/c1-11-8(12)6-4-5(9(13)14)2-3-7(6)10/h2-4,13-14H,1H3,(H,11,12). The van der Waals surface area contributed by atoms with Gasteiger partial charge in [-0.15, -0.1) is 0 Å². The molecule has 0 unspecified atom stereocenters. The highest BCUT2D eigenvalue weighted by Gasteiger charge is 2.15. The van der Waals surface area contributed by atoms with Crippen LogP contribution in [0.4, 0.5) is 0 Å². The van der Waals surface area contributed by atoms with Crippen molar-refractivity contribution < 1.29 is 14.8 Å². The molecule has 0 heterocycles. The van der Waals surface area contributed by atoms with E-state index in [4.69, 9.17) is 10.0 Å². The molecule has 14 heavy (non-hydrogen) atoms. The summed E-state index contributed by atoms with van der Waals surface area (Å²) in [4.78, 5) is 11.3. The number of halogens is 1. The lowest BCUT2D eigenvalue weighted by Gasteiger charge is -2.05. The van der Waals surface area contributed by atoms with E-state index >= 15 is 0 Å². The molecule has 0 aromatic heterocycles. The third-order valence-corrected chi connectivity index (χ3v) is 2.45. The van der Waals surface area contributed by atoms with Crippen molar-refractivity contribution in [2.75, 3.05) is 7.05 Å². The first-order chi connectivity index (χ1) is 6.56. The van der Waals surface area contributed by atoms with Gasteiger partial charge in [0.2, 0.25) is 0 Å². The van der Waals surface area contributed by atoms with Gasteiger partial charge in [0, 0.05) is 11.5 Å². The number of benzene rings is 1. The Morgan fingerprint density at radius 2 is 2.14 bits per heavy atom. The molecule has 0 aliphatic rings. The van der Waals surface area contributed by atoms with Gasteiger partial charge >= 0.3 is 7.12 Å². The maximum Gasteiger partial charge on any atom is 0.488 e. The quantitative estimate of drug-likeness (QED) is 0.625. The first kappa shape index (κ1) is 11.2. The molecule has 0 radical (unpaired) electrons. The van der Waals surface area contributed by atoms with Crippen LogP contribution in [0.1, 0.15) is 10.4 Å². The summed E-state index contributed by atoms with van der Waals surface area (Å²) in [5.41, 5.74) is 0.657. The molecule has 1 aromatic carbocycles. The number of carbonyl (C=O) groups excluding carboxylic acids is 1. The fraction of sp³-hybridized carbons (Fsp3) is 0.125. The van der Waals surface area contributed by atoms with Crippen LogP contribution in [-0.4, -0.2) is 30.1 Å². The molecule has 74 valence electrons. The van der Waals surface area contributed by atoms with Gasteiger partial charge in [-0.3, -0.25) is 4.79 Å². The van der Waals surface area contributed by atoms with E-state index in [0.717, 1.165) is 0 Å². The molecule has 0 saturated carbocycles. The minimum Gasteiger partial charge on any atom is -0.423 e. The van der Waals surface area contributed by atoms with Crippen molar-refractivity contribution in [1.29, 1.82) is 0 Å². The van der Waals surface area contributed by atoms with Crippen molar-refractivity contribution in [1.82, 2.24) is 5.32 Å². The van der Waals surface area contributed by atoms with Gasteiger partial charge in [0.1, 0.15) is 0 Å². The van der Waals surface area contributed by atoms with Gasteiger partial charge in [0.05, 0.1) is 5.56 Å². The molecule has 1 rings (SSSR count). The molecule has 0 saturated heterocycles. The van der Waals surface area contributed by atoms with E-state index < -0.39 is 7.12 Å². The minimum atomic E-state index is -1.56. The lowest BCUT2D eigenvalue weighted by molar-refractivity contribution is 0.0962. The van der Waals surface area contributed by atoms with Crippen molar-refractivity contribution >= 4 is 34.4 Å². The number of carbonyl (C=O) groups is 1. The third-order valence-electron chi connectivity index (χ3n) is 1.76. The second-order valence-electron chi connectivity index (χ2n) is 2.69. The van der Waals surface area contributed by atoms with Crippen molar-refractivity contribution in [3.63, 3.8) is 0 Å². The second kappa shape index (κ2) is 4.59. The van der Waals surface area contributed by atoms with Crippen molar-refractivity contribution in [2.24, 2.45) is 0 Å². The Hall–Kier alpha value is -0.845. The van der Waals surface area contributed by atoms with Crippen LogP contribution >= 0.6 is 15.9 Å². The summed E-state index contributed by atoms with van der Waals surface area (Å²) in [7, 11) is -0.0527. The first-order valence-electron chi connectivity index (χ1n) is 3.94. The summed E-state index contributed by atoms with van der Waals surface area (Å²) < 4.78 is 0.612. The monoisotopic (exact) mass is 257 g/mol. The number of hydrogen-bond acceptors (Lipinski definition) is 3. The number of hydrogen-bond donors (Lipinski definition) is 3. The van der Waals surface area contributed by atoms with E-state index in [0.29, 0.717) is 10.0 Å². The number of amides is 1. The van der Waals surface area contributed by atoms with Gasteiger partial charge in [0.15, 0.2) is 0 Å². The smallest absolute Gasteiger partial charge is 0.423 e. The molecule has 0 aliphatic carbocycles. The summed E-state index contributed by atoms with van der Waals surface area (Å²) in [5, 5.41) is 20.3. The average Bonchev–Trinajstić information content (AvgIpc) is 2.17. The molecule has 3 N–H and O–H groups in total. The zero-order valence-corrected chi connectivity index (χ0v) is 9.08.